The number of carbonyl (C=O) groups is 1. The van der Waals surface area contributed by atoms with E-state index < -0.39 is 304 Å². The molecule has 1 unspecified atom stereocenters. The van der Waals surface area contributed by atoms with Gasteiger partial charge in [-0.2, -0.15) is 0 Å². The van der Waals surface area contributed by atoms with Gasteiger partial charge in [-0.05, 0) is 125 Å². The summed E-state index contributed by atoms with van der Waals surface area (Å²) in [6, 6.07) is 1.27. The zero-order valence-corrected chi connectivity index (χ0v) is 72.4. The van der Waals surface area contributed by atoms with Crippen LogP contribution in [0.5, 0.6) is 69.0 Å². The zero-order valence-electron chi connectivity index (χ0n) is 70.9. The molecule has 17 bridgehead atoms. The minimum Gasteiger partial charge on any atom is -0.508 e. The molecule has 7 aromatic carbocycles. The van der Waals surface area contributed by atoms with Gasteiger partial charge in [-0.25, -0.2) is 44.7 Å². The second-order valence-corrected chi connectivity index (χ2v) is 33.9. The van der Waals surface area contributed by atoms with Crippen molar-refractivity contribution in [2.75, 3.05) is 19.8 Å². The number of fused-ring (bicyclic) bond motifs is 12. The van der Waals surface area contributed by atoms with Gasteiger partial charge in [0, 0.05) is 48.6 Å². The fraction of sp³-hybridized carbons (Fsp3) is 0.427. The molecular weight excluding hydrogens is 1790 g/mol. The topological polar surface area (TPSA) is 690 Å². The molecule has 9 aliphatic heterocycles. The third-order valence-electron chi connectivity index (χ3n) is 23.1. The molecule has 9 heterocycles. The van der Waals surface area contributed by atoms with Crippen molar-refractivity contribution in [3.8, 4) is 80.1 Å². The molecule has 0 spiro atoms. The molecular formula is C89H99Cl2N9O33. The molecule has 23 atom stereocenters. The maximum Gasteiger partial charge on any atom is 0.333 e. The van der Waals surface area contributed by atoms with Crippen molar-refractivity contribution in [3.63, 3.8) is 0 Å². The predicted molar refractivity (Wildman–Crippen MR) is 473 cm³/mol. The van der Waals surface area contributed by atoms with Gasteiger partial charge in [0.1, 0.15) is 132 Å². The molecule has 42 nitrogen and oxygen atoms in total. The number of aliphatic hydroxyl groups excluding tert-OH is 18. The first-order chi connectivity index (χ1) is 63.4. The van der Waals surface area contributed by atoms with Crippen LogP contribution in [-0.2, 0) is 30.2 Å². The number of nitrogens with two attached hydrogens (primary N) is 1. The highest BCUT2D eigenvalue weighted by molar-refractivity contribution is 6.32. The number of aliphatic carboxylic acids is 1. The van der Waals surface area contributed by atoms with Crippen LogP contribution in [0, 0.1) is 5.92 Å². The number of aliphatic imine (C=N–C) groups is 8. The van der Waals surface area contributed by atoms with Crippen molar-refractivity contribution >= 4 is 76.4 Å². The number of aliphatic hydroxyl groups is 18. The molecule has 0 saturated carbocycles. The standard InChI is InChI=1S/C89H99Cl2N9O33/c1-34(2)9-7-5-4-6-8-10-61(109)95-69-75(114)72(111)59(32-102)130-88(69)133-79-56-26-41-27-57(79)127-53-18-14-39(24-48(53)91)78(132-87-68(93-35(3)104)74(113)71(110)58(31-101)129-87)70-85(122)99-67(86(123)124)46-29-43(106)30-55(128-89-77(116)76(115)73(112)60(33-103)131-89)62(46)45-23-38(13-15-50(45)107)64(82(119)100-70)97-84(121)66(41)98-83(120)65-40-21-42(105)28-44(22-40)125-54-25-37(12-16-51(54)108)63(92)81(118)94-49(80(117)96-65)20-36-11-17-52(126-56)47(90)19-36/h11-19,21-30,34,49,58-60,63-78,87-89,101-103,105-108,110-116H,4-10,20,31-33,92H2,1-3H3,(H,93,104)(H,94,118)(H,95,109)(H,96,117)(H,97,121)(H,98,120)(H,99,122)(H,100,119)(H,123,124)/t49-,58-,59-,60-,63+,64-,65+,66-,67?,68-,69-,70+,71-,72-,73-,74-,75-,76+,77+,78-,87+,88+,89+/m1/s1. The van der Waals surface area contributed by atoms with E-state index in [2.05, 4.69) is 48.8 Å². The Morgan fingerprint density at radius 3 is 1.67 bits per heavy atom. The predicted octanol–water partition coefficient (Wildman–Crippen LogP) is 8.13. The average Bonchev–Trinajstić information content (AvgIpc) is 0.755. The number of hydrogen-bond acceptors (Lipinski definition) is 33. The Labute approximate surface area is 765 Å². The SMILES string of the molecule is CC(O)=N[C@H]1[C@H](O[C@@H]2c3ccc(c(Cl)c3)Oc3cc4cc(c3O[C@@H]3O[C@H](CO)[C@@H](O)[C@H](O)[C@H]3N=C(O)CCCCCCCC(C)C)Oc3ccc(cc3Cl)C[C@H]3N=C(O)[C@@H](N)c5ccc(O)c(c5)Oc5cc(O)cc(c5)[C@H](N=C3O)C(O)=N[C@H]4C(O)=N[C@H]3C(O)=N[C@@H]2C(O)=NC(C(=O)O)c2cc(O)cc(O[C@H]4O[C@H](CO)[C@@H](O)[C@H](O)[C@@H]4O)c2-c2cc3ccc2O)O[C@H](CO)[C@@H](O)[C@@H]1O. The lowest BCUT2D eigenvalue weighted by Gasteiger charge is -2.42. The number of phenols is 4. The van der Waals surface area contributed by atoms with Gasteiger partial charge in [-0.3, -0.25) is 0 Å². The highest BCUT2D eigenvalue weighted by atomic mass is 35.5. The largest absolute Gasteiger partial charge is 0.508 e. The van der Waals surface area contributed by atoms with Gasteiger partial charge in [0.05, 0.1) is 29.9 Å². The first kappa shape index (κ1) is 97.0. The summed E-state index contributed by atoms with van der Waals surface area (Å²) in [5, 5.41) is 272. The van der Waals surface area contributed by atoms with Crippen LogP contribution in [0.4, 0.5) is 0 Å². The normalized spacial score (nSPS) is 29.2. The molecule has 0 amide bonds. The molecule has 712 valence electrons. The van der Waals surface area contributed by atoms with Crippen LogP contribution in [0.3, 0.4) is 0 Å². The highest BCUT2D eigenvalue weighted by Crippen LogP contribution is 2.52. The summed E-state index contributed by atoms with van der Waals surface area (Å²) in [5.41, 5.74) is 3.11. The molecule has 9 aliphatic rings. The van der Waals surface area contributed by atoms with Gasteiger partial charge in [0.25, 0.3) is 0 Å². The second kappa shape index (κ2) is 41.2. The van der Waals surface area contributed by atoms with Crippen molar-refractivity contribution in [2.45, 2.75) is 213 Å². The molecule has 133 heavy (non-hydrogen) atoms. The third-order valence-corrected chi connectivity index (χ3v) is 23.7. The van der Waals surface area contributed by atoms with Crippen LogP contribution in [0.1, 0.15) is 141 Å². The van der Waals surface area contributed by atoms with Crippen LogP contribution in [-0.4, -0.2) is 294 Å². The number of unbranched alkanes of at least 4 members (excludes halogenated alkanes) is 4. The van der Waals surface area contributed by atoms with Gasteiger partial charge in [0.2, 0.25) is 53.7 Å². The van der Waals surface area contributed by atoms with E-state index in [1.807, 2.05) is 0 Å². The molecule has 0 radical (unpaired) electrons. The zero-order chi connectivity index (χ0) is 95.6. The Morgan fingerprint density at radius 2 is 1.04 bits per heavy atom. The maximum atomic E-state index is 14.3. The monoisotopic (exact) mass is 1890 g/mol. The van der Waals surface area contributed by atoms with E-state index in [9.17, 15) is 122 Å². The molecule has 44 heteroatoms. The quantitative estimate of drug-likeness (QED) is 0.0194. The fourth-order valence-corrected chi connectivity index (χ4v) is 16.7. The van der Waals surface area contributed by atoms with Gasteiger partial charge < -0.3 is 166 Å². The van der Waals surface area contributed by atoms with Gasteiger partial charge in [-0.15, -0.1) is 0 Å². The van der Waals surface area contributed by atoms with Crippen LogP contribution < -0.4 is 29.4 Å². The summed E-state index contributed by atoms with van der Waals surface area (Å²) in [5.74, 6) is -17.6. The van der Waals surface area contributed by atoms with Crippen LogP contribution in [0.2, 0.25) is 10.0 Å². The highest BCUT2D eigenvalue weighted by Gasteiger charge is 2.51. The minimum absolute atomic E-state index is 0.0740. The lowest BCUT2D eigenvalue weighted by Crippen LogP contribution is -2.60. The minimum atomic E-state index is -2.63. The average molecular weight is 1890 g/mol. The van der Waals surface area contributed by atoms with Crippen molar-refractivity contribution in [1.82, 2.24) is 0 Å². The second-order valence-electron chi connectivity index (χ2n) is 33.1. The lowest BCUT2D eigenvalue weighted by molar-refractivity contribution is -0.279. The van der Waals surface area contributed by atoms with Crippen molar-refractivity contribution in [3.05, 3.63) is 164 Å². The van der Waals surface area contributed by atoms with E-state index in [-0.39, 0.29) is 50.9 Å². The van der Waals surface area contributed by atoms with Gasteiger partial charge in [0.15, 0.2) is 71.3 Å². The molecule has 25 N–H and O–H groups in total. The number of benzene rings is 7. The Hall–Kier alpha value is -12.0. The first-order valence-corrected chi connectivity index (χ1v) is 42.9. The molecule has 3 saturated heterocycles. The van der Waals surface area contributed by atoms with E-state index in [4.69, 9.17) is 76.6 Å². The number of aromatic hydroxyl groups is 4. The van der Waals surface area contributed by atoms with Crippen molar-refractivity contribution in [1.29, 1.82) is 0 Å². The molecule has 3 fully saturated rings. The number of halogens is 2. The fourth-order valence-electron chi connectivity index (χ4n) is 16.2. The summed E-state index contributed by atoms with van der Waals surface area (Å²) in [7, 11) is 0. The Kier molecular flexibility index (Phi) is 30.0. The Bertz CT molecular complexity index is 5720. The van der Waals surface area contributed by atoms with E-state index in [1.165, 1.54) is 36.4 Å². The molecule has 7 aromatic rings. The number of nitrogens with zero attached hydrogens (tertiary/aromatic N) is 8. The maximum absolute atomic E-state index is 14.3. The number of hydrogen-bond donors (Lipinski definition) is 24. The molecule has 16 rings (SSSR count). The number of carboxylic acids is 1. The molecule has 0 aromatic heterocycles. The summed E-state index contributed by atoms with van der Waals surface area (Å²) in [4.78, 5) is 50.0. The smallest absolute Gasteiger partial charge is 0.333 e. The van der Waals surface area contributed by atoms with Gasteiger partial charge in [-0.1, -0.05) is 93.4 Å². The summed E-state index contributed by atoms with van der Waals surface area (Å²) in [6.45, 7) is 2.16. The summed E-state index contributed by atoms with van der Waals surface area (Å²) >= 11 is 14.8. The van der Waals surface area contributed by atoms with Crippen LogP contribution in [0.15, 0.2) is 155 Å². The van der Waals surface area contributed by atoms with Crippen molar-refractivity contribution < 1.29 is 165 Å². The van der Waals surface area contributed by atoms with E-state index in [1.54, 1.807) is 0 Å². The summed E-state index contributed by atoms with van der Waals surface area (Å²) < 4.78 is 57.7. The van der Waals surface area contributed by atoms with E-state index in [0.29, 0.717) is 18.8 Å². The third kappa shape index (κ3) is 21.3. The van der Waals surface area contributed by atoms with Crippen LogP contribution in [0.25, 0.3) is 11.1 Å². The Morgan fingerprint density at radius 1 is 0.489 bits per heavy atom. The first-order valence-electron chi connectivity index (χ1n) is 42.2. The Balaban J connectivity index is 1.08. The molecule has 0 aliphatic carbocycles. The lowest BCUT2D eigenvalue weighted by atomic mass is 9.90. The number of carboxylic acid groups (broad SMARTS) is 1. The summed E-state index contributed by atoms with van der Waals surface area (Å²) in [6.07, 6.45) is -24.5. The van der Waals surface area contributed by atoms with E-state index >= 15 is 0 Å². The van der Waals surface area contributed by atoms with Crippen molar-refractivity contribution in [2.24, 2.45) is 51.6 Å². The van der Waals surface area contributed by atoms with E-state index in [0.717, 1.165) is 111 Å². The number of rotatable bonds is 20. The number of phenolic OH excluding ortho intramolecular Hbond substituents is 4. The van der Waals surface area contributed by atoms with Crippen LogP contribution >= 0.6 is 23.2 Å². The number of ether oxygens (including phenoxy) is 9. The van der Waals surface area contributed by atoms with Gasteiger partial charge >= 0.3 is 5.97 Å².